The van der Waals surface area contributed by atoms with E-state index in [-0.39, 0.29) is 5.54 Å². The minimum absolute atomic E-state index is 0.267. The van der Waals surface area contributed by atoms with E-state index in [1.165, 1.54) is 96.3 Å². The molecule has 5 rings (SSSR count). The molecule has 0 saturated heterocycles. The average Bonchev–Trinajstić information content (AvgIpc) is 3.21. The molecule has 8 atom stereocenters. The second-order valence-electron chi connectivity index (χ2n) is 14.9. The van der Waals surface area contributed by atoms with Gasteiger partial charge in [0.2, 0.25) is 0 Å². The van der Waals surface area contributed by atoms with E-state index in [0.29, 0.717) is 23.0 Å². The fraction of sp³-hybridized carbons (Fsp3) is 0.939. The van der Waals surface area contributed by atoms with Crippen molar-refractivity contribution in [1.82, 2.24) is 5.32 Å². The molecule has 0 radical (unpaired) electrons. The van der Waals surface area contributed by atoms with E-state index in [1.54, 1.807) is 5.57 Å². The first-order valence-electron chi connectivity index (χ1n) is 15.7. The van der Waals surface area contributed by atoms with Crippen LogP contribution < -0.4 is 5.32 Å². The van der Waals surface area contributed by atoms with Gasteiger partial charge in [-0.2, -0.15) is 0 Å². The highest BCUT2D eigenvalue weighted by Crippen LogP contribution is 2.67. The van der Waals surface area contributed by atoms with Crippen molar-refractivity contribution >= 4 is 0 Å². The van der Waals surface area contributed by atoms with E-state index in [0.717, 1.165) is 29.6 Å². The number of hydrogen-bond acceptors (Lipinski definition) is 2. The number of rotatable bonds is 7. The average molecular weight is 484 g/mol. The van der Waals surface area contributed by atoms with Crippen molar-refractivity contribution < 1.29 is 4.74 Å². The van der Waals surface area contributed by atoms with Gasteiger partial charge >= 0.3 is 0 Å². The molecule has 0 amide bonds. The summed E-state index contributed by atoms with van der Waals surface area (Å²) < 4.78 is 6.70. The Hall–Kier alpha value is -0.340. The lowest BCUT2D eigenvalue weighted by atomic mass is 9.47. The summed E-state index contributed by atoms with van der Waals surface area (Å²) >= 11 is 0. The standard InChI is InChI=1S/C33H57NO/c1-23(16-19-31(2,3)34-6)28-14-15-29-27-13-12-24-22-26(35-25-10-8-7-9-11-25)17-20-32(24,4)30(27)18-21-33(28,29)5/h12,23,25-30,34H,7-11,13-22H2,1-6H3/t23-,26+,27?,28-,29?,30?,32+,33-/m1/s1. The summed E-state index contributed by atoms with van der Waals surface area (Å²) in [4.78, 5) is 0. The SMILES string of the molecule is CNC(C)(C)CC[C@@H](C)[C@H]1CCC2C3CC=C4C[C@@H](OC5CCCCC5)CC[C@]4(C)C3CC[C@@]21C. The fourth-order valence-corrected chi connectivity index (χ4v) is 10.1. The third-order valence-corrected chi connectivity index (χ3v) is 12.7. The normalized spacial score (nSPS) is 43.1. The third kappa shape index (κ3) is 4.94. The van der Waals surface area contributed by atoms with Crippen molar-refractivity contribution in [3.63, 3.8) is 0 Å². The summed E-state index contributed by atoms with van der Waals surface area (Å²) in [6.45, 7) is 12.7. The van der Waals surface area contributed by atoms with Gasteiger partial charge in [0.15, 0.2) is 0 Å². The number of hydrogen-bond donors (Lipinski definition) is 1. The lowest BCUT2D eigenvalue weighted by Crippen LogP contribution is -2.51. The Bertz CT molecular complexity index is 765. The van der Waals surface area contributed by atoms with Crippen LogP contribution in [0.4, 0.5) is 0 Å². The molecule has 0 aromatic carbocycles. The van der Waals surface area contributed by atoms with Gasteiger partial charge in [-0.05, 0) is 138 Å². The zero-order valence-electron chi connectivity index (χ0n) is 24.1. The third-order valence-electron chi connectivity index (χ3n) is 12.7. The minimum Gasteiger partial charge on any atom is -0.375 e. The van der Waals surface area contributed by atoms with Crippen LogP contribution in [0.1, 0.15) is 131 Å². The predicted octanol–water partition coefficient (Wildman–Crippen LogP) is 8.70. The maximum Gasteiger partial charge on any atom is 0.0616 e. The second-order valence-corrected chi connectivity index (χ2v) is 14.9. The first kappa shape index (κ1) is 26.3. The molecular weight excluding hydrogens is 426 g/mol. The highest BCUT2D eigenvalue weighted by atomic mass is 16.5. The Labute approximate surface area is 217 Å². The molecule has 2 nitrogen and oxygen atoms in total. The van der Waals surface area contributed by atoms with Crippen LogP contribution in [0, 0.1) is 40.4 Å². The Balaban J connectivity index is 1.25. The van der Waals surface area contributed by atoms with Crippen molar-refractivity contribution in [3.8, 4) is 0 Å². The van der Waals surface area contributed by atoms with Crippen LogP contribution >= 0.6 is 0 Å². The lowest BCUT2D eigenvalue weighted by molar-refractivity contribution is -0.0805. The van der Waals surface area contributed by atoms with E-state index in [4.69, 9.17) is 4.74 Å². The number of allylic oxidation sites excluding steroid dienone is 1. The van der Waals surface area contributed by atoms with E-state index in [1.807, 2.05) is 0 Å². The quantitative estimate of drug-likeness (QED) is 0.366. The number of ether oxygens (including phenoxy) is 1. The topological polar surface area (TPSA) is 21.3 Å². The molecule has 0 aliphatic heterocycles. The zero-order valence-corrected chi connectivity index (χ0v) is 24.1. The summed E-state index contributed by atoms with van der Waals surface area (Å²) in [7, 11) is 2.12. The van der Waals surface area contributed by atoms with Gasteiger partial charge in [0.25, 0.3) is 0 Å². The minimum atomic E-state index is 0.267. The maximum absolute atomic E-state index is 6.70. The molecule has 0 bridgehead atoms. The van der Waals surface area contributed by atoms with E-state index < -0.39 is 0 Å². The van der Waals surface area contributed by atoms with Crippen LogP contribution in [-0.4, -0.2) is 24.8 Å². The van der Waals surface area contributed by atoms with Crippen LogP contribution in [0.25, 0.3) is 0 Å². The van der Waals surface area contributed by atoms with Crippen LogP contribution in [0.15, 0.2) is 11.6 Å². The van der Waals surface area contributed by atoms with Crippen molar-refractivity contribution in [1.29, 1.82) is 0 Å². The van der Waals surface area contributed by atoms with Gasteiger partial charge in [-0.25, -0.2) is 0 Å². The molecule has 4 fully saturated rings. The number of fused-ring (bicyclic) bond motifs is 5. The Morgan fingerprint density at radius 1 is 0.971 bits per heavy atom. The lowest BCUT2D eigenvalue weighted by Gasteiger charge is -2.58. The molecule has 3 unspecified atom stereocenters. The molecule has 5 aliphatic rings. The molecule has 5 aliphatic carbocycles. The maximum atomic E-state index is 6.70. The summed E-state index contributed by atoms with van der Waals surface area (Å²) in [6, 6.07) is 0. The van der Waals surface area contributed by atoms with Crippen molar-refractivity contribution in [2.24, 2.45) is 40.4 Å². The Kier molecular flexibility index (Phi) is 7.57. The predicted molar refractivity (Wildman–Crippen MR) is 148 cm³/mol. The molecule has 0 heterocycles. The second kappa shape index (κ2) is 10.1. The molecule has 0 spiro atoms. The van der Waals surface area contributed by atoms with E-state index in [9.17, 15) is 0 Å². The molecule has 0 aromatic rings. The van der Waals surface area contributed by atoms with Crippen molar-refractivity contribution in [3.05, 3.63) is 11.6 Å². The van der Waals surface area contributed by atoms with Gasteiger partial charge in [0.05, 0.1) is 12.2 Å². The van der Waals surface area contributed by atoms with Gasteiger partial charge in [0, 0.05) is 5.54 Å². The molecule has 2 heteroatoms. The molecule has 200 valence electrons. The molecule has 0 aromatic heterocycles. The largest absolute Gasteiger partial charge is 0.375 e. The highest BCUT2D eigenvalue weighted by molar-refractivity contribution is 5.25. The van der Waals surface area contributed by atoms with Crippen LogP contribution in [0.2, 0.25) is 0 Å². The fourth-order valence-electron chi connectivity index (χ4n) is 10.1. The molecular formula is C33H57NO. The van der Waals surface area contributed by atoms with Gasteiger partial charge in [-0.3, -0.25) is 0 Å². The Morgan fingerprint density at radius 3 is 2.49 bits per heavy atom. The zero-order chi connectivity index (χ0) is 24.8. The van der Waals surface area contributed by atoms with Crippen LogP contribution in [0.3, 0.4) is 0 Å². The van der Waals surface area contributed by atoms with Gasteiger partial charge < -0.3 is 10.1 Å². The van der Waals surface area contributed by atoms with Crippen LogP contribution in [-0.2, 0) is 4.74 Å². The van der Waals surface area contributed by atoms with Crippen LogP contribution in [0.5, 0.6) is 0 Å². The smallest absolute Gasteiger partial charge is 0.0616 e. The Morgan fingerprint density at radius 2 is 1.74 bits per heavy atom. The summed E-state index contributed by atoms with van der Waals surface area (Å²) in [6.07, 6.45) is 24.5. The summed E-state index contributed by atoms with van der Waals surface area (Å²) in [5.74, 6) is 4.60. The van der Waals surface area contributed by atoms with Gasteiger partial charge in [-0.15, -0.1) is 0 Å². The first-order chi connectivity index (χ1) is 16.7. The summed E-state index contributed by atoms with van der Waals surface area (Å²) in [5, 5.41) is 3.53. The number of nitrogens with one attached hydrogen (secondary N) is 1. The highest BCUT2D eigenvalue weighted by Gasteiger charge is 2.59. The molecule has 1 N–H and O–H groups in total. The molecule has 4 saturated carbocycles. The van der Waals surface area contributed by atoms with E-state index in [2.05, 4.69) is 53.1 Å². The van der Waals surface area contributed by atoms with Gasteiger partial charge in [0.1, 0.15) is 0 Å². The van der Waals surface area contributed by atoms with Crippen molar-refractivity contribution in [2.75, 3.05) is 7.05 Å². The van der Waals surface area contributed by atoms with Crippen molar-refractivity contribution in [2.45, 2.75) is 149 Å². The molecule has 35 heavy (non-hydrogen) atoms. The summed E-state index contributed by atoms with van der Waals surface area (Å²) in [5.41, 5.74) is 3.10. The van der Waals surface area contributed by atoms with E-state index >= 15 is 0 Å². The van der Waals surface area contributed by atoms with Gasteiger partial charge in [-0.1, -0.05) is 51.7 Å². The monoisotopic (exact) mass is 483 g/mol. The first-order valence-corrected chi connectivity index (χ1v) is 15.7.